The van der Waals surface area contributed by atoms with Gasteiger partial charge in [-0.2, -0.15) is 0 Å². The first kappa shape index (κ1) is 22.6. The molecule has 0 fully saturated rings. The zero-order valence-electron chi connectivity index (χ0n) is 18.6. The van der Waals surface area contributed by atoms with Crippen LogP contribution in [-0.4, -0.2) is 17.7 Å². The average Bonchev–Trinajstić information content (AvgIpc) is 2.84. The van der Waals surface area contributed by atoms with Crippen molar-refractivity contribution < 1.29 is 14.3 Å². The summed E-state index contributed by atoms with van der Waals surface area (Å²) in [5, 5.41) is 6.83. The molecule has 1 heterocycles. The second-order valence-electron chi connectivity index (χ2n) is 7.75. The minimum Gasteiger partial charge on any atom is -0.489 e. The molecule has 3 aromatic carbocycles. The summed E-state index contributed by atoms with van der Waals surface area (Å²) in [5.41, 5.74) is 5.23. The first-order valence-electron chi connectivity index (χ1n) is 10.9. The molecule has 0 spiro atoms. The van der Waals surface area contributed by atoms with Crippen molar-refractivity contribution in [1.29, 1.82) is 0 Å². The number of hydrogen-bond donors (Lipinski definition) is 2. The Bertz CT molecular complexity index is 1160. The normalized spacial score (nSPS) is 15.5. The number of benzene rings is 3. The number of ether oxygens (including phenoxy) is 2. The first-order valence-corrected chi connectivity index (χ1v) is 11.3. The minimum atomic E-state index is -0.445. The quantitative estimate of drug-likeness (QED) is 0.381. The number of nitrogens with one attached hydrogen (secondary N) is 2. The summed E-state index contributed by atoms with van der Waals surface area (Å²) in [5.74, 6) is 0.365. The van der Waals surface area contributed by atoms with Gasteiger partial charge in [0.25, 0.3) is 0 Å². The van der Waals surface area contributed by atoms with Crippen molar-refractivity contribution in [3.63, 3.8) is 0 Å². The van der Waals surface area contributed by atoms with E-state index in [-0.39, 0.29) is 12.6 Å². The molecule has 0 aromatic heterocycles. The van der Waals surface area contributed by atoms with Crippen LogP contribution in [0, 0.1) is 6.92 Å². The fraction of sp³-hybridized carbons (Fsp3) is 0.185. The van der Waals surface area contributed by atoms with Gasteiger partial charge in [0, 0.05) is 0 Å². The van der Waals surface area contributed by atoms with E-state index in [1.165, 1.54) is 5.56 Å². The Hall–Kier alpha value is -3.64. The van der Waals surface area contributed by atoms with Crippen molar-refractivity contribution in [2.24, 2.45) is 0 Å². The average molecular weight is 459 g/mol. The van der Waals surface area contributed by atoms with E-state index in [0.717, 1.165) is 22.4 Å². The zero-order valence-corrected chi connectivity index (χ0v) is 19.4. The highest BCUT2D eigenvalue weighted by atomic mass is 32.1. The second kappa shape index (κ2) is 10.3. The van der Waals surface area contributed by atoms with Gasteiger partial charge in [-0.25, -0.2) is 4.79 Å². The maximum Gasteiger partial charge on any atom is 0.338 e. The lowest BCUT2D eigenvalue weighted by molar-refractivity contribution is -0.138. The third kappa shape index (κ3) is 5.41. The van der Waals surface area contributed by atoms with E-state index in [9.17, 15) is 4.79 Å². The van der Waals surface area contributed by atoms with Crippen LogP contribution in [0.25, 0.3) is 5.70 Å². The van der Waals surface area contributed by atoms with Gasteiger partial charge in [0.15, 0.2) is 5.11 Å². The van der Waals surface area contributed by atoms with Crippen LogP contribution in [0.4, 0.5) is 0 Å². The Labute approximate surface area is 199 Å². The maximum absolute atomic E-state index is 13.0. The van der Waals surface area contributed by atoms with Crippen molar-refractivity contribution in [2.45, 2.75) is 26.5 Å². The van der Waals surface area contributed by atoms with Gasteiger partial charge in [-0.15, -0.1) is 0 Å². The van der Waals surface area contributed by atoms with E-state index in [1.807, 2.05) is 54.6 Å². The summed E-state index contributed by atoms with van der Waals surface area (Å²) >= 11 is 5.46. The Kier molecular flexibility index (Phi) is 7.05. The Balaban J connectivity index is 1.62. The molecular weight excluding hydrogens is 432 g/mol. The topological polar surface area (TPSA) is 59.6 Å². The lowest BCUT2D eigenvalue weighted by Gasteiger charge is -2.31. The van der Waals surface area contributed by atoms with Gasteiger partial charge >= 0.3 is 5.97 Å². The molecule has 1 atom stereocenters. The molecule has 33 heavy (non-hydrogen) atoms. The standard InChI is InChI=1S/C27H26N2O3S/c1-3-31-26(30)23-24(20-7-5-4-6-8-20)28-27(33)29-25(23)21-13-15-22(16-14-21)32-17-19-11-9-18(2)10-12-19/h4-16,25H,3,17H2,1-2H3,(H2,28,29,33)/t25-/m1/s1. The zero-order chi connectivity index (χ0) is 23.2. The Morgan fingerprint density at radius 1 is 0.970 bits per heavy atom. The monoisotopic (exact) mass is 458 g/mol. The molecule has 0 radical (unpaired) electrons. The van der Waals surface area contributed by atoms with Crippen LogP contribution >= 0.6 is 12.2 Å². The molecule has 0 saturated carbocycles. The molecule has 3 aromatic rings. The third-order valence-corrected chi connectivity index (χ3v) is 5.59. The molecule has 5 nitrogen and oxygen atoms in total. The van der Waals surface area contributed by atoms with Crippen LogP contribution in [0.1, 0.15) is 35.2 Å². The van der Waals surface area contributed by atoms with E-state index in [1.54, 1.807) is 6.92 Å². The molecule has 1 aliphatic heterocycles. The highest BCUT2D eigenvalue weighted by molar-refractivity contribution is 7.80. The lowest BCUT2D eigenvalue weighted by Crippen LogP contribution is -2.45. The van der Waals surface area contributed by atoms with E-state index in [2.05, 4.69) is 41.8 Å². The Morgan fingerprint density at radius 2 is 1.67 bits per heavy atom. The predicted octanol–water partition coefficient (Wildman–Crippen LogP) is 5.07. The van der Waals surface area contributed by atoms with Crippen LogP contribution in [0.2, 0.25) is 0 Å². The Morgan fingerprint density at radius 3 is 2.33 bits per heavy atom. The number of thiocarbonyl (C=S) groups is 1. The van der Waals surface area contributed by atoms with E-state index >= 15 is 0 Å². The smallest absolute Gasteiger partial charge is 0.338 e. The van der Waals surface area contributed by atoms with Crippen LogP contribution in [0.15, 0.2) is 84.4 Å². The molecular formula is C27H26N2O3S. The van der Waals surface area contributed by atoms with Gasteiger partial charge in [-0.1, -0.05) is 72.3 Å². The molecule has 168 valence electrons. The predicted molar refractivity (Wildman–Crippen MR) is 134 cm³/mol. The molecule has 0 bridgehead atoms. The highest BCUT2D eigenvalue weighted by Crippen LogP contribution is 2.32. The van der Waals surface area contributed by atoms with Crippen LogP contribution < -0.4 is 15.4 Å². The van der Waals surface area contributed by atoms with Gasteiger partial charge in [-0.05, 0) is 54.9 Å². The fourth-order valence-corrected chi connectivity index (χ4v) is 3.90. The van der Waals surface area contributed by atoms with Gasteiger partial charge in [0.2, 0.25) is 0 Å². The molecule has 0 saturated heterocycles. The van der Waals surface area contributed by atoms with E-state index in [4.69, 9.17) is 21.7 Å². The van der Waals surface area contributed by atoms with Crippen LogP contribution in [-0.2, 0) is 16.1 Å². The molecule has 6 heteroatoms. The largest absolute Gasteiger partial charge is 0.489 e. The van der Waals surface area contributed by atoms with Crippen molar-refractivity contribution in [1.82, 2.24) is 10.6 Å². The van der Waals surface area contributed by atoms with Gasteiger partial charge in [0.1, 0.15) is 12.4 Å². The van der Waals surface area contributed by atoms with Crippen LogP contribution in [0.5, 0.6) is 5.75 Å². The first-order chi connectivity index (χ1) is 16.0. The second-order valence-corrected chi connectivity index (χ2v) is 8.16. The summed E-state index contributed by atoms with van der Waals surface area (Å²) in [6.07, 6.45) is 0. The molecule has 4 rings (SSSR count). The maximum atomic E-state index is 13.0. The number of rotatable bonds is 7. The number of hydrogen-bond acceptors (Lipinski definition) is 4. The number of aryl methyl sites for hydroxylation is 1. The number of esters is 1. The van der Waals surface area contributed by atoms with Gasteiger partial charge in [0.05, 0.1) is 23.9 Å². The van der Waals surface area contributed by atoms with Crippen LogP contribution in [0.3, 0.4) is 0 Å². The molecule has 0 amide bonds. The fourth-order valence-electron chi connectivity index (χ4n) is 3.68. The van der Waals surface area contributed by atoms with Gasteiger partial charge in [-0.3, -0.25) is 0 Å². The summed E-state index contributed by atoms with van der Waals surface area (Å²) in [7, 11) is 0. The van der Waals surface area contributed by atoms with Crippen molar-refractivity contribution in [2.75, 3.05) is 6.61 Å². The number of carbonyl (C=O) groups excluding carboxylic acids is 1. The SMILES string of the molecule is CCOC(=O)C1=C(c2ccccc2)NC(=S)N[C@@H]1c1ccc(OCc2ccc(C)cc2)cc1. The van der Waals surface area contributed by atoms with Crippen molar-refractivity contribution >= 4 is 29.0 Å². The molecule has 1 aliphatic rings. The summed E-state index contributed by atoms with van der Waals surface area (Å²) in [4.78, 5) is 13.0. The molecule has 2 N–H and O–H groups in total. The van der Waals surface area contributed by atoms with Gasteiger partial charge < -0.3 is 20.1 Å². The minimum absolute atomic E-state index is 0.285. The highest BCUT2D eigenvalue weighted by Gasteiger charge is 2.33. The molecule has 0 unspecified atom stereocenters. The van der Waals surface area contributed by atoms with Crippen molar-refractivity contribution in [3.05, 3.63) is 107 Å². The lowest BCUT2D eigenvalue weighted by atomic mass is 9.93. The summed E-state index contributed by atoms with van der Waals surface area (Å²) < 4.78 is 11.3. The number of carbonyl (C=O) groups is 1. The van der Waals surface area contributed by atoms with Crippen molar-refractivity contribution in [3.8, 4) is 5.75 Å². The van der Waals surface area contributed by atoms with E-state index < -0.39 is 6.04 Å². The summed E-state index contributed by atoms with van der Waals surface area (Å²) in [6.45, 7) is 4.63. The summed E-state index contributed by atoms with van der Waals surface area (Å²) in [6, 6.07) is 25.2. The third-order valence-electron chi connectivity index (χ3n) is 5.37. The van der Waals surface area contributed by atoms with E-state index in [0.29, 0.717) is 23.0 Å². The molecule has 0 aliphatic carbocycles.